The van der Waals surface area contributed by atoms with E-state index in [1.54, 1.807) is 12.1 Å². The van der Waals surface area contributed by atoms with Gasteiger partial charge in [-0.1, -0.05) is 62.4 Å². The third kappa shape index (κ3) is 3.42. The van der Waals surface area contributed by atoms with E-state index < -0.39 is 11.6 Å². The van der Waals surface area contributed by atoms with E-state index in [1.165, 1.54) is 5.56 Å². The molecule has 2 aliphatic rings. The zero-order chi connectivity index (χ0) is 21.3. The summed E-state index contributed by atoms with van der Waals surface area (Å²) in [4.78, 5) is 40.2. The predicted molar refractivity (Wildman–Crippen MR) is 115 cm³/mol. The van der Waals surface area contributed by atoms with Crippen LogP contribution in [-0.4, -0.2) is 29.2 Å². The van der Waals surface area contributed by atoms with Crippen molar-refractivity contribution in [1.82, 2.24) is 10.2 Å². The van der Waals surface area contributed by atoms with Crippen LogP contribution in [0.2, 0.25) is 0 Å². The molecule has 0 radical (unpaired) electrons. The van der Waals surface area contributed by atoms with Crippen molar-refractivity contribution >= 4 is 17.7 Å². The zero-order valence-electron chi connectivity index (χ0n) is 17.6. The molecule has 1 aliphatic carbocycles. The fourth-order valence-electron chi connectivity index (χ4n) is 4.58. The van der Waals surface area contributed by atoms with E-state index in [4.69, 9.17) is 0 Å². The van der Waals surface area contributed by atoms with Crippen LogP contribution in [0.15, 0.2) is 48.5 Å². The fraction of sp³-hybridized carbons (Fsp3) is 0.400. The third-order valence-electron chi connectivity index (χ3n) is 6.62. The molecule has 3 amide bonds. The van der Waals surface area contributed by atoms with Gasteiger partial charge in [-0.3, -0.25) is 14.5 Å². The van der Waals surface area contributed by atoms with Gasteiger partial charge in [-0.25, -0.2) is 4.79 Å². The van der Waals surface area contributed by atoms with Crippen LogP contribution in [-0.2, 0) is 16.8 Å². The van der Waals surface area contributed by atoms with Crippen molar-refractivity contribution in [3.63, 3.8) is 0 Å². The molecule has 1 spiro atoms. The van der Waals surface area contributed by atoms with E-state index in [9.17, 15) is 14.4 Å². The highest BCUT2D eigenvalue weighted by Crippen LogP contribution is 2.39. The molecule has 4 rings (SSSR count). The minimum absolute atomic E-state index is 0.229. The standard InChI is InChI=1S/C25H28N2O3/c1-3-17(2)18-11-13-20(14-12-18)22(28)16-27-23(29)25(26-24(27)30)15-7-6-9-19-8-4-5-10-21(19)25/h4-5,8,10-14,17H,3,6-7,9,15-16H2,1-2H3,(H,26,30)/t17-,25-/m1/s1. The number of ketones is 1. The number of carbonyl (C=O) groups is 3. The van der Waals surface area contributed by atoms with Crippen molar-refractivity contribution in [2.24, 2.45) is 0 Å². The summed E-state index contributed by atoms with van der Waals surface area (Å²) in [5.41, 5.74) is 2.61. The van der Waals surface area contributed by atoms with Gasteiger partial charge in [-0.2, -0.15) is 0 Å². The number of carbonyl (C=O) groups excluding carboxylic acids is 3. The Labute approximate surface area is 177 Å². The van der Waals surface area contributed by atoms with Gasteiger partial charge in [-0.15, -0.1) is 0 Å². The quantitative estimate of drug-likeness (QED) is 0.587. The van der Waals surface area contributed by atoms with E-state index in [-0.39, 0.29) is 18.2 Å². The summed E-state index contributed by atoms with van der Waals surface area (Å²) in [6.45, 7) is 4.04. The Balaban J connectivity index is 1.57. The number of amides is 3. The largest absolute Gasteiger partial charge is 0.325 e. The van der Waals surface area contributed by atoms with E-state index in [0.29, 0.717) is 17.9 Å². The maximum atomic E-state index is 13.4. The van der Waals surface area contributed by atoms with E-state index in [0.717, 1.165) is 41.7 Å². The molecule has 0 aromatic heterocycles. The van der Waals surface area contributed by atoms with Crippen molar-refractivity contribution in [3.8, 4) is 0 Å². The topological polar surface area (TPSA) is 66.5 Å². The van der Waals surface area contributed by atoms with Gasteiger partial charge in [0.2, 0.25) is 0 Å². The lowest BCUT2D eigenvalue weighted by Gasteiger charge is -2.27. The minimum atomic E-state index is -1.05. The molecule has 2 aromatic rings. The number of hydrogen-bond acceptors (Lipinski definition) is 3. The van der Waals surface area contributed by atoms with Crippen molar-refractivity contribution in [2.45, 2.75) is 57.4 Å². The molecular weight excluding hydrogens is 376 g/mol. The van der Waals surface area contributed by atoms with E-state index in [2.05, 4.69) is 19.2 Å². The number of urea groups is 1. The van der Waals surface area contributed by atoms with Crippen LogP contribution in [0.3, 0.4) is 0 Å². The summed E-state index contributed by atoms with van der Waals surface area (Å²) < 4.78 is 0. The number of nitrogens with one attached hydrogen (secondary N) is 1. The van der Waals surface area contributed by atoms with Crippen molar-refractivity contribution in [1.29, 1.82) is 0 Å². The van der Waals surface area contributed by atoms with Crippen LogP contribution in [0.1, 0.15) is 72.5 Å². The van der Waals surface area contributed by atoms with Crippen LogP contribution in [0.25, 0.3) is 0 Å². The van der Waals surface area contributed by atoms with Gasteiger partial charge in [0, 0.05) is 5.56 Å². The van der Waals surface area contributed by atoms with E-state index >= 15 is 0 Å². The highest BCUT2D eigenvalue weighted by atomic mass is 16.2. The first-order valence-corrected chi connectivity index (χ1v) is 10.8. The van der Waals surface area contributed by atoms with Gasteiger partial charge in [0.15, 0.2) is 5.78 Å². The molecule has 1 fully saturated rings. The molecule has 5 heteroatoms. The first kappa shape index (κ1) is 20.3. The van der Waals surface area contributed by atoms with Crippen LogP contribution >= 0.6 is 0 Å². The third-order valence-corrected chi connectivity index (χ3v) is 6.62. The molecule has 2 aromatic carbocycles. The molecule has 0 saturated carbocycles. The smallest absolute Gasteiger partial charge is 0.319 e. The second-order valence-corrected chi connectivity index (χ2v) is 8.45. The minimum Gasteiger partial charge on any atom is -0.319 e. The first-order chi connectivity index (χ1) is 14.5. The second-order valence-electron chi connectivity index (χ2n) is 8.45. The van der Waals surface area contributed by atoms with Gasteiger partial charge in [0.1, 0.15) is 5.54 Å². The van der Waals surface area contributed by atoms with Gasteiger partial charge in [0.25, 0.3) is 5.91 Å². The van der Waals surface area contributed by atoms with Gasteiger partial charge >= 0.3 is 6.03 Å². The summed E-state index contributed by atoms with van der Waals surface area (Å²) in [5, 5.41) is 2.94. The lowest BCUT2D eigenvalue weighted by Crippen LogP contribution is -2.44. The second kappa shape index (κ2) is 8.05. The van der Waals surface area contributed by atoms with Gasteiger partial charge in [-0.05, 0) is 54.7 Å². The highest BCUT2D eigenvalue weighted by Gasteiger charge is 2.53. The molecular formula is C25H28N2O3. The number of Topliss-reactive ketones (excluding diaryl/α,β-unsaturated/α-hetero) is 1. The number of nitrogens with zero attached hydrogens (tertiary/aromatic N) is 1. The van der Waals surface area contributed by atoms with Crippen molar-refractivity contribution < 1.29 is 14.4 Å². The monoisotopic (exact) mass is 404 g/mol. The molecule has 1 aliphatic heterocycles. The Morgan fingerprint density at radius 2 is 1.83 bits per heavy atom. The van der Waals surface area contributed by atoms with Gasteiger partial charge < -0.3 is 5.32 Å². The summed E-state index contributed by atoms with van der Waals surface area (Å²) >= 11 is 0. The van der Waals surface area contributed by atoms with Crippen molar-refractivity contribution in [2.75, 3.05) is 6.54 Å². The Morgan fingerprint density at radius 1 is 1.10 bits per heavy atom. The molecule has 0 unspecified atom stereocenters. The molecule has 1 N–H and O–H groups in total. The lowest BCUT2D eigenvalue weighted by molar-refractivity contribution is -0.131. The fourth-order valence-corrected chi connectivity index (χ4v) is 4.58. The Morgan fingerprint density at radius 3 is 2.57 bits per heavy atom. The van der Waals surface area contributed by atoms with Gasteiger partial charge in [0.05, 0.1) is 6.54 Å². The maximum absolute atomic E-state index is 13.4. The molecule has 0 bridgehead atoms. The molecule has 156 valence electrons. The normalized spacial score (nSPS) is 21.9. The number of hydrogen-bond donors (Lipinski definition) is 1. The average molecular weight is 405 g/mol. The first-order valence-electron chi connectivity index (χ1n) is 10.8. The molecule has 1 saturated heterocycles. The molecule has 5 nitrogen and oxygen atoms in total. The Kier molecular flexibility index (Phi) is 5.46. The predicted octanol–water partition coefficient (Wildman–Crippen LogP) is 4.56. The Bertz CT molecular complexity index is 982. The molecule has 30 heavy (non-hydrogen) atoms. The number of benzene rings is 2. The summed E-state index contributed by atoms with van der Waals surface area (Å²) in [6.07, 6.45) is 4.30. The van der Waals surface area contributed by atoms with Crippen LogP contribution in [0, 0.1) is 0 Å². The zero-order valence-corrected chi connectivity index (χ0v) is 17.6. The summed E-state index contributed by atoms with van der Waals surface area (Å²) in [6, 6.07) is 14.8. The molecule has 2 atom stereocenters. The number of fused-ring (bicyclic) bond motifs is 2. The van der Waals surface area contributed by atoms with Crippen LogP contribution in [0.5, 0.6) is 0 Å². The number of aryl methyl sites for hydroxylation is 1. The summed E-state index contributed by atoms with van der Waals surface area (Å²) in [5.74, 6) is -0.116. The van der Waals surface area contributed by atoms with E-state index in [1.807, 2.05) is 36.4 Å². The number of rotatable bonds is 5. The lowest BCUT2D eigenvalue weighted by atomic mass is 9.84. The maximum Gasteiger partial charge on any atom is 0.325 e. The SMILES string of the molecule is CC[C@@H](C)c1ccc(C(=O)CN2C(=O)N[C@@]3(CCCCc4ccccc43)C2=O)cc1. The highest BCUT2D eigenvalue weighted by molar-refractivity contribution is 6.11. The Hall–Kier alpha value is -2.95. The number of imide groups is 1. The van der Waals surface area contributed by atoms with Crippen molar-refractivity contribution in [3.05, 3.63) is 70.8 Å². The summed E-state index contributed by atoms with van der Waals surface area (Å²) in [7, 11) is 0. The average Bonchev–Trinajstić information content (AvgIpc) is 2.91. The molecule has 1 heterocycles. The van der Waals surface area contributed by atoms with Crippen LogP contribution < -0.4 is 5.32 Å². The van der Waals surface area contributed by atoms with Crippen LogP contribution in [0.4, 0.5) is 4.79 Å².